The van der Waals surface area contributed by atoms with Crippen LogP contribution in [0.3, 0.4) is 0 Å². The largest absolute Gasteiger partial charge is 0.507 e. The quantitative estimate of drug-likeness (QED) is 0.399. The van der Waals surface area contributed by atoms with E-state index in [1.165, 1.54) is 6.33 Å². The zero-order valence-electron chi connectivity index (χ0n) is 16.9. The van der Waals surface area contributed by atoms with Crippen LogP contribution in [0.1, 0.15) is 6.42 Å². The summed E-state index contributed by atoms with van der Waals surface area (Å²) in [6, 6.07) is 7.73. The maximum absolute atomic E-state index is 10.5. The second kappa shape index (κ2) is 12.2. The van der Waals surface area contributed by atoms with Gasteiger partial charge >= 0.3 is 0 Å². The fraction of sp³-hybridized carbons (Fsp3) is 0.316. The van der Waals surface area contributed by atoms with Crippen molar-refractivity contribution in [2.75, 3.05) is 31.3 Å². The Hall–Kier alpha value is -1.91. The zero-order valence-corrected chi connectivity index (χ0v) is 20.2. The van der Waals surface area contributed by atoms with E-state index in [1.54, 1.807) is 24.0 Å². The molecule has 168 valence electrons. The number of hydrogen-bond acceptors (Lipinski definition) is 9. The predicted octanol–water partition coefficient (Wildman–Crippen LogP) is 3.49. The average molecular weight is 505 g/mol. The highest BCUT2D eigenvalue weighted by Crippen LogP contribution is 2.32. The van der Waals surface area contributed by atoms with Crippen molar-refractivity contribution < 1.29 is 5.11 Å². The monoisotopic (exact) mass is 503 g/mol. The second-order valence-electron chi connectivity index (χ2n) is 6.54. The first-order valence-electron chi connectivity index (χ1n) is 8.99. The summed E-state index contributed by atoms with van der Waals surface area (Å²) in [5, 5.41) is 23.2. The van der Waals surface area contributed by atoms with Crippen molar-refractivity contribution in [3.63, 3.8) is 0 Å². The summed E-state index contributed by atoms with van der Waals surface area (Å²) in [5.74, 6) is 0.727. The lowest BCUT2D eigenvalue weighted by molar-refractivity contribution is 0.477. The lowest BCUT2D eigenvalue weighted by atomic mass is 10.1. The molecular formula is C19H24Cl3N7OS. The van der Waals surface area contributed by atoms with Gasteiger partial charge in [0.1, 0.15) is 17.8 Å². The number of benzene rings is 1. The molecule has 1 atom stereocenters. The highest BCUT2D eigenvalue weighted by Gasteiger charge is 2.23. The van der Waals surface area contributed by atoms with E-state index in [1.807, 2.05) is 31.5 Å². The zero-order chi connectivity index (χ0) is 19.5. The number of rotatable bonds is 5. The normalized spacial score (nSPS) is 14.9. The van der Waals surface area contributed by atoms with Gasteiger partial charge in [0.2, 0.25) is 5.95 Å². The Kier molecular flexibility index (Phi) is 10.7. The van der Waals surface area contributed by atoms with Crippen LogP contribution in [0.4, 0.5) is 5.95 Å². The van der Waals surface area contributed by atoms with E-state index in [0.717, 1.165) is 35.8 Å². The molecule has 0 saturated carbocycles. The molecule has 0 radical (unpaired) electrons. The summed E-state index contributed by atoms with van der Waals surface area (Å²) >= 11 is 1.55. The van der Waals surface area contributed by atoms with Crippen LogP contribution in [0.2, 0.25) is 0 Å². The minimum Gasteiger partial charge on any atom is -0.507 e. The maximum atomic E-state index is 10.5. The number of nitrogens with zero attached hydrogens (tertiary/aromatic N) is 6. The molecule has 2 aromatic heterocycles. The molecule has 4 rings (SSSR count). The molecule has 1 aliphatic heterocycles. The number of thioether (sulfide) groups is 1. The van der Waals surface area contributed by atoms with Crippen molar-refractivity contribution in [2.24, 2.45) is 0 Å². The summed E-state index contributed by atoms with van der Waals surface area (Å²) in [7, 11) is 1.96. The Morgan fingerprint density at radius 2 is 1.87 bits per heavy atom. The van der Waals surface area contributed by atoms with Crippen LogP contribution < -0.4 is 10.2 Å². The van der Waals surface area contributed by atoms with Gasteiger partial charge in [-0.3, -0.25) is 0 Å². The van der Waals surface area contributed by atoms with E-state index in [4.69, 9.17) is 0 Å². The smallest absolute Gasteiger partial charge is 0.245 e. The predicted molar refractivity (Wildman–Crippen MR) is 131 cm³/mol. The maximum Gasteiger partial charge on any atom is 0.245 e. The van der Waals surface area contributed by atoms with Gasteiger partial charge in [-0.2, -0.15) is 0 Å². The fourth-order valence-electron chi connectivity index (χ4n) is 3.23. The lowest BCUT2D eigenvalue weighted by Gasteiger charge is -2.15. The van der Waals surface area contributed by atoms with E-state index >= 15 is 0 Å². The molecule has 8 nitrogen and oxygen atoms in total. The number of hydrogen-bond donors (Lipinski definition) is 2. The van der Waals surface area contributed by atoms with Crippen molar-refractivity contribution in [1.82, 2.24) is 30.5 Å². The molecule has 12 heteroatoms. The molecule has 1 aliphatic rings. The van der Waals surface area contributed by atoms with E-state index in [2.05, 4.69) is 35.4 Å². The highest BCUT2D eigenvalue weighted by molar-refractivity contribution is 7.98. The molecule has 1 fully saturated rings. The fourth-order valence-corrected chi connectivity index (χ4v) is 3.61. The van der Waals surface area contributed by atoms with Crippen molar-refractivity contribution in [3.8, 4) is 28.3 Å². The number of aromatic hydroxyl groups is 1. The number of anilines is 1. The Morgan fingerprint density at radius 3 is 2.48 bits per heavy atom. The Balaban J connectivity index is 0.00000160. The Bertz CT molecular complexity index is 981. The average Bonchev–Trinajstić information content (AvgIpc) is 3.23. The van der Waals surface area contributed by atoms with Crippen LogP contribution >= 0.6 is 49.0 Å². The van der Waals surface area contributed by atoms with Crippen LogP contribution in [0, 0.1) is 0 Å². The third-order valence-corrected chi connectivity index (χ3v) is 5.49. The highest BCUT2D eigenvalue weighted by atomic mass is 35.5. The van der Waals surface area contributed by atoms with Gasteiger partial charge in [0, 0.05) is 30.3 Å². The standard InChI is InChI=1S/C19H21N7OS.3ClH/c1-20-13-5-6-26(10-13)19-21-9-16(24-25-19)14-4-3-12(7-17(14)27)15-8-18(28-2)23-11-22-15;;;/h3-4,7-9,11,13,20,27H,5-6,10H2,1-2H3;3*1H. The van der Waals surface area contributed by atoms with Crippen LogP contribution in [-0.4, -0.2) is 62.7 Å². The minimum absolute atomic E-state index is 0. The van der Waals surface area contributed by atoms with Crippen molar-refractivity contribution >= 4 is 54.9 Å². The summed E-state index contributed by atoms with van der Waals surface area (Å²) in [5.41, 5.74) is 2.69. The number of phenolic OH excluding ortho intramolecular Hbond substituents is 1. The molecule has 0 spiro atoms. The van der Waals surface area contributed by atoms with E-state index < -0.39 is 0 Å². The first-order valence-corrected chi connectivity index (χ1v) is 10.2. The minimum atomic E-state index is 0. The SMILES string of the molecule is CNC1CCN(c2ncc(-c3ccc(-c4cc(SC)ncn4)cc3O)nn2)C1.Cl.Cl.Cl. The first-order chi connectivity index (χ1) is 13.7. The van der Waals surface area contributed by atoms with Gasteiger partial charge in [-0.05, 0) is 37.9 Å². The molecule has 3 aromatic rings. The molecule has 1 aromatic carbocycles. The first kappa shape index (κ1) is 27.1. The number of phenols is 1. The number of halogens is 3. The molecule has 0 aliphatic carbocycles. The number of likely N-dealkylation sites (N-methyl/N-ethyl adjacent to an activating group) is 1. The van der Waals surface area contributed by atoms with E-state index in [-0.39, 0.29) is 43.0 Å². The van der Waals surface area contributed by atoms with Gasteiger partial charge in [-0.15, -0.1) is 59.2 Å². The molecule has 1 unspecified atom stereocenters. The second-order valence-corrected chi connectivity index (χ2v) is 7.37. The van der Waals surface area contributed by atoms with E-state index in [9.17, 15) is 5.11 Å². The number of aromatic nitrogens is 5. The Labute approximate surface area is 203 Å². The van der Waals surface area contributed by atoms with Crippen molar-refractivity contribution in [2.45, 2.75) is 17.5 Å². The summed E-state index contributed by atoms with van der Waals surface area (Å²) in [6.07, 6.45) is 6.20. The molecule has 2 N–H and O–H groups in total. The van der Waals surface area contributed by atoms with Crippen LogP contribution in [0.15, 0.2) is 41.8 Å². The van der Waals surface area contributed by atoms with Crippen molar-refractivity contribution in [3.05, 3.63) is 36.8 Å². The molecule has 0 bridgehead atoms. The summed E-state index contributed by atoms with van der Waals surface area (Å²) in [4.78, 5) is 15.0. The van der Waals surface area contributed by atoms with Crippen LogP contribution in [-0.2, 0) is 0 Å². The van der Waals surface area contributed by atoms with Gasteiger partial charge in [0.25, 0.3) is 0 Å². The molecular weight excluding hydrogens is 481 g/mol. The molecule has 1 saturated heterocycles. The summed E-state index contributed by atoms with van der Waals surface area (Å²) in [6.45, 7) is 1.78. The van der Waals surface area contributed by atoms with E-state index in [0.29, 0.717) is 23.2 Å². The van der Waals surface area contributed by atoms with Gasteiger partial charge in [0.15, 0.2) is 0 Å². The third kappa shape index (κ3) is 6.08. The molecule has 0 amide bonds. The van der Waals surface area contributed by atoms with Crippen LogP contribution in [0.25, 0.3) is 22.5 Å². The molecule has 31 heavy (non-hydrogen) atoms. The Morgan fingerprint density at radius 1 is 1.06 bits per heavy atom. The topological polar surface area (TPSA) is 100.0 Å². The lowest BCUT2D eigenvalue weighted by Crippen LogP contribution is -2.30. The van der Waals surface area contributed by atoms with Gasteiger partial charge in [0.05, 0.1) is 16.9 Å². The molecule has 3 heterocycles. The van der Waals surface area contributed by atoms with Crippen LogP contribution in [0.5, 0.6) is 5.75 Å². The summed E-state index contributed by atoms with van der Waals surface area (Å²) < 4.78 is 0. The van der Waals surface area contributed by atoms with Gasteiger partial charge in [-0.25, -0.2) is 15.0 Å². The number of nitrogens with one attached hydrogen (secondary N) is 1. The van der Waals surface area contributed by atoms with Crippen molar-refractivity contribution in [1.29, 1.82) is 0 Å². The van der Waals surface area contributed by atoms with Gasteiger partial charge < -0.3 is 15.3 Å². The van der Waals surface area contributed by atoms with Gasteiger partial charge in [-0.1, -0.05) is 6.07 Å². The third-order valence-electron chi connectivity index (χ3n) is 4.85.